The molecular weight excluding hydrogens is 277 g/mol. The summed E-state index contributed by atoms with van der Waals surface area (Å²) in [7, 11) is 1.36. The van der Waals surface area contributed by atoms with E-state index in [-0.39, 0.29) is 24.8 Å². The number of carboxylic acid groups (broad SMARTS) is 1. The number of carbonyl (C=O) groups excluding carboxylic acids is 1. The van der Waals surface area contributed by atoms with Crippen molar-refractivity contribution >= 4 is 11.9 Å². The van der Waals surface area contributed by atoms with E-state index in [2.05, 4.69) is 5.32 Å². The van der Waals surface area contributed by atoms with E-state index >= 15 is 0 Å². The molecule has 1 aromatic carbocycles. The number of hydrogen-bond donors (Lipinski definition) is 2. The van der Waals surface area contributed by atoms with E-state index in [1.165, 1.54) is 20.1 Å². The third kappa shape index (κ3) is 4.53. The zero-order valence-corrected chi connectivity index (χ0v) is 12.4. The number of ether oxygens (including phenoxy) is 1. The summed E-state index contributed by atoms with van der Waals surface area (Å²) in [5.41, 5.74) is -1.07. The van der Waals surface area contributed by atoms with Crippen LogP contribution in [0.3, 0.4) is 0 Å². The number of carboxylic acids is 1. The molecule has 0 aromatic heterocycles. The van der Waals surface area contributed by atoms with Gasteiger partial charge in [0.15, 0.2) is 5.54 Å². The van der Waals surface area contributed by atoms with Crippen LogP contribution in [0.4, 0.5) is 4.39 Å². The van der Waals surface area contributed by atoms with E-state index in [4.69, 9.17) is 9.84 Å². The number of nitrogens with one attached hydrogen (secondary N) is 1. The summed E-state index contributed by atoms with van der Waals surface area (Å²) in [5.74, 6) is -2.38. The number of aliphatic carboxylic acids is 1. The van der Waals surface area contributed by atoms with Crippen LogP contribution in [0.5, 0.6) is 0 Å². The average molecular weight is 297 g/mol. The number of hydrogen-bond acceptors (Lipinski definition) is 3. The Bertz CT molecular complexity index is 520. The van der Waals surface area contributed by atoms with Gasteiger partial charge >= 0.3 is 5.97 Å². The third-order valence-electron chi connectivity index (χ3n) is 3.25. The fourth-order valence-corrected chi connectivity index (χ4v) is 2.06. The summed E-state index contributed by atoms with van der Waals surface area (Å²) in [6.45, 7) is 2.93. The fourth-order valence-electron chi connectivity index (χ4n) is 2.06. The molecule has 0 radical (unpaired) electrons. The molecule has 1 rings (SSSR count). The van der Waals surface area contributed by atoms with Crippen molar-refractivity contribution in [1.29, 1.82) is 0 Å². The largest absolute Gasteiger partial charge is 0.479 e. The predicted octanol–water partition coefficient (Wildman–Crippen LogP) is 1.93. The summed E-state index contributed by atoms with van der Waals surface area (Å²) in [6.07, 6.45) is -0.00643. The smallest absolute Gasteiger partial charge is 0.331 e. The van der Waals surface area contributed by atoms with Gasteiger partial charge in [0.2, 0.25) is 5.91 Å². The molecule has 2 atom stereocenters. The van der Waals surface area contributed by atoms with Crippen LogP contribution in [0.2, 0.25) is 0 Å². The molecule has 0 fully saturated rings. The van der Waals surface area contributed by atoms with E-state index in [0.717, 1.165) is 0 Å². The fraction of sp³-hybridized carbons (Fsp3) is 0.467. The summed E-state index contributed by atoms with van der Waals surface area (Å²) in [5, 5.41) is 11.6. The minimum atomic E-state index is -1.50. The van der Waals surface area contributed by atoms with Crippen molar-refractivity contribution in [1.82, 2.24) is 5.32 Å². The van der Waals surface area contributed by atoms with Crippen molar-refractivity contribution in [2.24, 2.45) is 0 Å². The van der Waals surface area contributed by atoms with Gasteiger partial charge in [0.25, 0.3) is 0 Å². The second-order valence-corrected chi connectivity index (χ2v) is 5.25. The van der Waals surface area contributed by atoms with Crippen LogP contribution < -0.4 is 5.32 Å². The molecule has 0 aliphatic heterocycles. The lowest BCUT2D eigenvalue weighted by Crippen LogP contribution is -2.55. The molecule has 0 spiro atoms. The van der Waals surface area contributed by atoms with Crippen molar-refractivity contribution in [3.63, 3.8) is 0 Å². The van der Waals surface area contributed by atoms with Crippen molar-refractivity contribution in [3.05, 3.63) is 35.6 Å². The Morgan fingerprint density at radius 3 is 2.57 bits per heavy atom. The van der Waals surface area contributed by atoms with Gasteiger partial charge in [-0.2, -0.15) is 0 Å². The van der Waals surface area contributed by atoms with Crippen LogP contribution in [0, 0.1) is 5.82 Å². The number of methoxy groups -OCH3 is 1. The van der Waals surface area contributed by atoms with Gasteiger partial charge in [-0.15, -0.1) is 0 Å². The molecule has 6 heteroatoms. The molecule has 0 bridgehead atoms. The Hall–Kier alpha value is -1.95. The zero-order valence-electron chi connectivity index (χ0n) is 12.4. The Labute approximate surface area is 123 Å². The van der Waals surface area contributed by atoms with Crippen molar-refractivity contribution in [3.8, 4) is 0 Å². The van der Waals surface area contributed by atoms with Crippen molar-refractivity contribution < 1.29 is 23.8 Å². The quantitative estimate of drug-likeness (QED) is 0.806. The van der Waals surface area contributed by atoms with E-state index in [1.807, 2.05) is 0 Å². The molecule has 21 heavy (non-hydrogen) atoms. The highest BCUT2D eigenvalue weighted by Crippen LogP contribution is 2.22. The molecule has 0 aliphatic carbocycles. The molecule has 5 nitrogen and oxygen atoms in total. The molecule has 0 aliphatic rings. The molecule has 0 saturated heterocycles. The van der Waals surface area contributed by atoms with Gasteiger partial charge in [-0.25, -0.2) is 9.18 Å². The van der Waals surface area contributed by atoms with Crippen LogP contribution in [0.1, 0.15) is 31.7 Å². The number of benzene rings is 1. The van der Waals surface area contributed by atoms with E-state index in [9.17, 15) is 14.0 Å². The molecule has 1 aromatic rings. The van der Waals surface area contributed by atoms with Gasteiger partial charge in [0.05, 0.1) is 6.61 Å². The lowest BCUT2D eigenvalue weighted by atomic mass is 9.96. The van der Waals surface area contributed by atoms with Gasteiger partial charge in [-0.05, 0) is 24.5 Å². The first-order valence-corrected chi connectivity index (χ1v) is 6.58. The molecule has 2 unspecified atom stereocenters. The number of halogens is 1. The maximum absolute atomic E-state index is 13.6. The van der Waals surface area contributed by atoms with Gasteiger partial charge in [0.1, 0.15) is 5.82 Å². The third-order valence-corrected chi connectivity index (χ3v) is 3.25. The van der Waals surface area contributed by atoms with E-state index in [0.29, 0.717) is 5.56 Å². The minimum Gasteiger partial charge on any atom is -0.479 e. The van der Waals surface area contributed by atoms with Crippen LogP contribution in [0.25, 0.3) is 0 Å². The van der Waals surface area contributed by atoms with Crippen LogP contribution in [0.15, 0.2) is 24.3 Å². The highest BCUT2D eigenvalue weighted by Gasteiger charge is 2.35. The zero-order chi connectivity index (χ0) is 16.0. The Morgan fingerprint density at radius 1 is 1.43 bits per heavy atom. The molecule has 0 heterocycles. The maximum Gasteiger partial charge on any atom is 0.331 e. The first-order chi connectivity index (χ1) is 9.80. The summed E-state index contributed by atoms with van der Waals surface area (Å²) in [6, 6.07) is 6.21. The van der Waals surface area contributed by atoms with Gasteiger partial charge in [-0.1, -0.05) is 25.1 Å². The monoisotopic (exact) mass is 297 g/mol. The summed E-state index contributed by atoms with van der Waals surface area (Å²) >= 11 is 0. The first kappa shape index (κ1) is 17.1. The lowest BCUT2D eigenvalue weighted by molar-refractivity contribution is -0.149. The molecule has 2 N–H and O–H groups in total. The highest BCUT2D eigenvalue weighted by molar-refractivity contribution is 5.87. The van der Waals surface area contributed by atoms with Crippen molar-refractivity contribution in [2.45, 2.75) is 31.7 Å². The van der Waals surface area contributed by atoms with Crippen LogP contribution in [-0.2, 0) is 14.3 Å². The number of amides is 1. The minimum absolute atomic E-state index is 0.00643. The standard InChI is InChI=1S/C15H20FNO4/c1-10(11-6-4-5-7-12(11)16)8-13(18)17-15(2,9-21-3)14(19)20/h4-7,10H,8-9H2,1-3H3,(H,17,18)(H,19,20). The predicted molar refractivity (Wildman–Crippen MR) is 75.5 cm³/mol. The number of carbonyl (C=O) groups is 2. The summed E-state index contributed by atoms with van der Waals surface area (Å²) < 4.78 is 18.5. The van der Waals surface area contributed by atoms with Gasteiger partial charge < -0.3 is 15.2 Å². The topological polar surface area (TPSA) is 75.6 Å². The SMILES string of the molecule is COCC(C)(NC(=O)CC(C)c1ccccc1F)C(=O)O. The first-order valence-electron chi connectivity index (χ1n) is 6.58. The van der Waals surface area contributed by atoms with Gasteiger partial charge in [0, 0.05) is 13.5 Å². The van der Waals surface area contributed by atoms with Crippen LogP contribution in [-0.4, -0.2) is 36.2 Å². The Balaban J connectivity index is 2.73. The van der Waals surface area contributed by atoms with E-state index in [1.54, 1.807) is 25.1 Å². The lowest BCUT2D eigenvalue weighted by Gasteiger charge is -2.26. The summed E-state index contributed by atoms with van der Waals surface area (Å²) in [4.78, 5) is 23.2. The maximum atomic E-state index is 13.6. The molecular formula is C15H20FNO4. The Kier molecular flexibility index (Phi) is 5.84. The molecule has 116 valence electrons. The second-order valence-electron chi connectivity index (χ2n) is 5.25. The van der Waals surface area contributed by atoms with Crippen molar-refractivity contribution in [2.75, 3.05) is 13.7 Å². The van der Waals surface area contributed by atoms with E-state index < -0.39 is 17.4 Å². The Morgan fingerprint density at radius 2 is 2.05 bits per heavy atom. The molecule has 1 amide bonds. The second kappa shape index (κ2) is 7.17. The number of rotatable bonds is 7. The molecule has 0 saturated carbocycles. The normalized spacial score (nSPS) is 15.0. The average Bonchev–Trinajstić information content (AvgIpc) is 2.38. The van der Waals surface area contributed by atoms with Gasteiger partial charge in [-0.3, -0.25) is 4.79 Å². The van der Waals surface area contributed by atoms with Crippen LogP contribution >= 0.6 is 0 Å². The highest BCUT2D eigenvalue weighted by atomic mass is 19.1.